The zero-order valence-corrected chi connectivity index (χ0v) is 9.54. The highest BCUT2D eigenvalue weighted by Crippen LogP contribution is 2.19. The average molecular weight is 244 g/mol. The van der Waals surface area contributed by atoms with Crippen LogP contribution in [0.3, 0.4) is 0 Å². The molecule has 1 aromatic heterocycles. The summed E-state index contributed by atoms with van der Waals surface area (Å²) < 4.78 is 6.54. The molecule has 13 heavy (non-hydrogen) atoms. The van der Waals surface area contributed by atoms with E-state index in [9.17, 15) is 0 Å². The Kier molecular flexibility index (Phi) is 4.39. The smallest absolute Gasteiger partial charge is 0.0991 e. The minimum atomic E-state index is 0.137. The molecule has 0 radical (unpaired) electrons. The lowest BCUT2D eigenvalue weighted by molar-refractivity contribution is 0.0568. The van der Waals surface area contributed by atoms with Gasteiger partial charge in [0.2, 0.25) is 0 Å². The van der Waals surface area contributed by atoms with Gasteiger partial charge in [-0.2, -0.15) is 0 Å². The molecule has 2 nitrogen and oxygen atoms in total. The SMILES string of the molecule is CCOC(CC)c1ccc(Br)cn1. The lowest BCUT2D eigenvalue weighted by Crippen LogP contribution is -2.04. The molecular formula is C10H14BrNO. The normalized spacial score (nSPS) is 12.8. The van der Waals surface area contributed by atoms with Crippen LogP contribution in [0, 0.1) is 0 Å². The largest absolute Gasteiger partial charge is 0.372 e. The maximum Gasteiger partial charge on any atom is 0.0991 e. The van der Waals surface area contributed by atoms with Crippen LogP contribution >= 0.6 is 15.9 Å². The molecule has 0 bridgehead atoms. The highest BCUT2D eigenvalue weighted by molar-refractivity contribution is 9.10. The lowest BCUT2D eigenvalue weighted by atomic mass is 10.2. The van der Waals surface area contributed by atoms with Crippen molar-refractivity contribution < 1.29 is 4.74 Å². The Bertz CT molecular complexity index is 248. The summed E-state index contributed by atoms with van der Waals surface area (Å²) in [6.07, 6.45) is 2.90. The molecule has 0 aliphatic heterocycles. The van der Waals surface area contributed by atoms with Crippen LogP contribution < -0.4 is 0 Å². The highest BCUT2D eigenvalue weighted by atomic mass is 79.9. The van der Waals surface area contributed by atoms with E-state index in [0.29, 0.717) is 0 Å². The van der Waals surface area contributed by atoms with Gasteiger partial charge < -0.3 is 4.74 Å². The van der Waals surface area contributed by atoms with E-state index in [0.717, 1.165) is 23.2 Å². The van der Waals surface area contributed by atoms with Gasteiger partial charge in [0, 0.05) is 17.3 Å². The summed E-state index contributed by atoms with van der Waals surface area (Å²) in [6, 6.07) is 3.98. The van der Waals surface area contributed by atoms with Gasteiger partial charge in [-0.3, -0.25) is 4.98 Å². The molecule has 0 aliphatic rings. The van der Waals surface area contributed by atoms with Crippen LogP contribution in [0.1, 0.15) is 32.1 Å². The van der Waals surface area contributed by atoms with Gasteiger partial charge in [0.1, 0.15) is 0 Å². The van der Waals surface area contributed by atoms with Crippen molar-refractivity contribution >= 4 is 15.9 Å². The average Bonchev–Trinajstić information content (AvgIpc) is 2.16. The predicted octanol–water partition coefficient (Wildman–Crippen LogP) is 3.33. The Labute approximate surface area is 87.5 Å². The predicted molar refractivity (Wildman–Crippen MR) is 56.6 cm³/mol. The van der Waals surface area contributed by atoms with Crippen LogP contribution in [0.25, 0.3) is 0 Å². The number of hydrogen-bond donors (Lipinski definition) is 0. The van der Waals surface area contributed by atoms with Crippen LogP contribution in [0.5, 0.6) is 0 Å². The van der Waals surface area contributed by atoms with Crippen molar-refractivity contribution in [1.82, 2.24) is 4.98 Å². The van der Waals surface area contributed by atoms with Crippen molar-refractivity contribution in [2.45, 2.75) is 26.4 Å². The van der Waals surface area contributed by atoms with E-state index < -0.39 is 0 Å². The number of halogens is 1. The minimum absolute atomic E-state index is 0.137. The Hall–Kier alpha value is -0.410. The van der Waals surface area contributed by atoms with E-state index in [2.05, 4.69) is 27.8 Å². The summed E-state index contributed by atoms with van der Waals surface area (Å²) in [5.41, 5.74) is 1.01. The molecule has 0 aliphatic carbocycles. The zero-order chi connectivity index (χ0) is 9.68. The molecule has 72 valence electrons. The van der Waals surface area contributed by atoms with E-state index in [-0.39, 0.29) is 6.10 Å². The second kappa shape index (κ2) is 5.35. The van der Waals surface area contributed by atoms with Crippen molar-refractivity contribution in [2.75, 3.05) is 6.61 Å². The van der Waals surface area contributed by atoms with E-state index >= 15 is 0 Å². The molecule has 1 rings (SSSR count). The van der Waals surface area contributed by atoms with Crippen LogP contribution in [-0.2, 0) is 4.74 Å². The molecule has 1 aromatic rings. The number of pyridine rings is 1. The first-order valence-corrected chi connectivity index (χ1v) is 5.30. The standard InChI is InChI=1S/C10H14BrNO/c1-3-10(13-4-2)9-6-5-8(11)7-12-9/h5-7,10H,3-4H2,1-2H3. The monoisotopic (exact) mass is 243 g/mol. The van der Waals surface area contributed by atoms with Gasteiger partial charge in [-0.05, 0) is 41.4 Å². The van der Waals surface area contributed by atoms with Crippen LogP contribution in [-0.4, -0.2) is 11.6 Å². The molecule has 1 unspecified atom stereocenters. The molecule has 3 heteroatoms. The third-order valence-corrected chi connectivity index (χ3v) is 2.29. The quantitative estimate of drug-likeness (QED) is 0.810. The van der Waals surface area contributed by atoms with Gasteiger partial charge in [0.05, 0.1) is 11.8 Å². The summed E-state index contributed by atoms with van der Waals surface area (Å²) >= 11 is 3.35. The van der Waals surface area contributed by atoms with E-state index in [1.807, 2.05) is 19.1 Å². The first-order chi connectivity index (χ1) is 6.27. The Morgan fingerprint density at radius 1 is 1.46 bits per heavy atom. The minimum Gasteiger partial charge on any atom is -0.372 e. The first-order valence-electron chi connectivity index (χ1n) is 4.51. The van der Waals surface area contributed by atoms with Gasteiger partial charge in [-0.25, -0.2) is 0 Å². The summed E-state index contributed by atoms with van der Waals surface area (Å²) in [6.45, 7) is 4.84. The van der Waals surface area contributed by atoms with Crippen LogP contribution in [0.4, 0.5) is 0 Å². The van der Waals surface area contributed by atoms with E-state index in [1.54, 1.807) is 6.20 Å². The topological polar surface area (TPSA) is 22.1 Å². The first kappa shape index (κ1) is 10.7. The molecular weight excluding hydrogens is 230 g/mol. The molecule has 0 saturated heterocycles. The van der Waals surface area contributed by atoms with Crippen molar-refractivity contribution in [3.63, 3.8) is 0 Å². The number of nitrogens with zero attached hydrogens (tertiary/aromatic N) is 1. The van der Waals surface area contributed by atoms with Gasteiger partial charge in [-0.1, -0.05) is 6.92 Å². The fraction of sp³-hybridized carbons (Fsp3) is 0.500. The summed E-state index contributed by atoms with van der Waals surface area (Å²) in [5, 5.41) is 0. The molecule has 0 aromatic carbocycles. The lowest BCUT2D eigenvalue weighted by Gasteiger charge is -2.13. The highest BCUT2D eigenvalue weighted by Gasteiger charge is 2.09. The summed E-state index contributed by atoms with van der Waals surface area (Å²) in [7, 11) is 0. The fourth-order valence-corrected chi connectivity index (χ4v) is 1.43. The Balaban J connectivity index is 2.73. The molecule has 1 atom stereocenters. The molecule has 0 amide bonds. The maximum absolute atomic E-state index is 5.54. The van der Waals surface area contributed by atoms with E-state index in [1.165, 1.54) is 0 Å². The molecule has 1 heterocycles. The van der Waals surface area contributed by atoms with Gasteiger partial charge in [-0.15, -0.1) is 0 Å². The third-order valence-electron chi connectivity index (χ3n) is 1.82. The fourth-order valence-electron chi connectivity index (χ4n) is 1.19. The number of rotatable bonds is 4. The number of ether oxygens (including phenoxy) is 1. The number of hydrogen-bond acceptors (Lipinski definition) is 2. The van der Waals surface area contributed by atoms with Crippen molar-refractivity contribution in [2.24, 2.45) is 0 Å². The second-order valence-corrected chi connectivity index (χ2v) is 3.67. The van der Waals surface area contributed by atoms with Crippen LogP contribution in [0.2, 0.25) is 0 Å². The van der Waals surface area contributed by atoms with Crippen molar-refractivity contribution in [3.8, 4) is 0 Å². The van der Waals surface area contributed by atoms with E-state index in [4.69, 9.17) is 4.74 Å². The molecule has 0 spiro atoms. The molecule has 0 saturated carbocycles. The third kappa shape index (κ3) is 3.08. The summed E-state index contributed by atoms with van der Waals surface area (Å²) in [4.78, 5) is 4.30. The van der Waals surface area contributed by atoms with Crippen LogP contribution in [0.15, 0.2) is 22.8 Å². The molecule has 0 N–H and O–H groups in total. The maximum atomic E-state index is 5.54. The van der Waals surface area contributed by atoms with Gasteiger partial charge in [0.25, 0.3) is 0 Å². The van der Waals surface area contributed by atoms with Gasteiger partial charge in [0.15, 0.2) is 0 Å². The molecule has 0 fully saturated rings. The second-order valence-electron chi connectivity index (χ2n) is 2.75. The van der Waals surface area contributed by atoms with Crippen molar-refractivity contribution in [1.29, 1.82) is 0 Å². The zero-order valence-electron chi connectivity index (χ0n) is 7.96. The summed E-state index contributed by atoms with van der Waals surface area (Å²) in [5.74, 6) is 0. The Morgan fingerprint density at radius 3 is 2.69 bits per heavy atom. The van der Waals surface area contributed by atoms with Gasteiger partial charge >= 0.3 is 0 Å². The Morgan fingerprint density at radius 2 is 2.23 bits per heavy atom. The van der Waals surface area contributed by atoms with Crippen molar-refractivity contribution in [3.05, 3.63) is 28.5 Å². The number of aromatic nitrogens is 1.